The summed E-state index contributed by atoms with van der Waals surface area (Å²) in [6.07, 6.45) is 0. The van der Waals surface area contributed by atoms with Crippen molar-refractivity contribution in [2.75, 3.05) is 43.5 Å². The number of hydrogen-bond donors (Lipinski definition) is 3. The summed E-state index contributed by atoms with van der Waals surface area (Å²) in [5, 5.41) is 16.9. The van der Waals surface area contributed by atoms with Gasteiger partial charge in [-0.05, 0) is 29.3 Å². The first-order valence-corrected chi connectivity index (χ1v) is 10.4. The first-order chi connectivity index (χ1) is 15.5. The molecule has 2 heterocycles. The zero-order valence-corrected chi connectivity index (χ0v) is 18.0. The highest BCUT2D eigenvalue weighted by atomic mass is 19.1. The Morgan fingerprint density at radius 2 is 1.84 bits per heavy atom. The smallest absolute Gasteiger partial charge is 0.221 e. The van der Waals surface area contributed by atoms with Gasteiger partial charge in [0.2, 0.25) is 11.8 Å². The highest BCUT2D eigenvalue weighted by Crippen LogP contribution is 2.40. The number of halogens is 1. The number of benzene rings is 2. The van der Waals surface area contributed by atoms with E-state index in [1.54, 1.807) is 37.4 Å². The van der Waals surface area contributed by atoms with Crippen molar-refractivity contribution < 1.29 is 19.0 Å². The molecule has 3 N–H and O–H groups in total. The molecule has 0 unspecified atom stereocenters. The van der Waals surface area contributed by atoms with E-state index in [0.29, 0.717) is 22.6 Å². The van der Waals surface area contributed by atoms with Crippen molar-refractivity contribution in [3.05, 3.63) is 54.3 Å². The fourth-order valence-corrected chi connectivity index (χ4v) is 3.79. The standard InChI is InChI=1S/C24H25FN4O3/c1-15(30)27-21-7-6-16(12-20(21)25)18-4-3-5-19(24(18)31)17-13-22(28-23(14-17)32-2)29-10-8-26-9-11-29/h3-7,12-14,26,31H,8-11H2,1-2H3,(H,27,30). The molecule has 0 aliphatic carbocycles. The number of para-hydroxylation sites is 1. The molecule has 4 rings (SSSR count). The number of carbonyl (C=O) groups is 1. The van der Waals surface area contributed by atoms with Gasteiger partial charge in [-0.1, -0.05) is 24.3 Å². The van der Waals surface area contributed by atoms with Crippen molar-refractivity contribution >= 4 is 17.4 Å². The molecule has 2 aromatic carbocycles. The summed E-state index contributed by atoms with van der Waals surface area (Å²) < 4.78 is 19.9. The van der Waals surface area contributed by atoms with E-state index in [0.717, 1.165) is 37.6 Å². The summed E-state index contributed by atoms with van der Waals surface area (Å²) in [5.41, 5.74) is 2.41. The topological polar surface area (TPSA) is 86.7 Å². The van der Waals surface area contributed by atoms with Gasteiger partial charge < -0.3 is 25.4 Å². The van der Waals surface area contributed by atoms with Gasteiger partial charge in [0, 0.05) is 50.3 Å². The quantitative estimate of drug-likeness (QED) is 0.566. The monoisotopic (exact) mass is 436 g/mol. The number of nitrogens with one attached hydrogen (secondary N) is 2. The molecule has 1 aliphatic rings. The molecule has 7 nitrogen and oxygen atoms in total. The predicted molar refractivity (Wildman–Crippen MR) is 123 cm³/mol. The molecule has 3 aromatic rings. The Kier molecular flexibility index (Phi) is 6.23. The molecule has 0 radical (unpaired) electrons. The van der Waals surface area contributed by atoms with Crippen LogP contribution in [0.4, 0.5) is 15.9 Å². The SMILES string of the molecule is COc1cc(-c2cccc(-c3ccc(NC(C)=O)c(F)c3)c2O)cc(N2CCNCC2)n1. The lowest BCUT2D eigenvalue weighted by molar-refractivity contribution is -0.114. The number of amides is 1. The van der Waals surface area contributed by atoms with Crippen molar-refractivity contribution in [2.45, 2.75) is 6.92 Å². The number of piperazine rings is 1. The lowest BCUT2D eigenvalue weighted by atomic mass is 9.97. The highest BCUT2D eigenvalue weighted by molar-refractivity contribution is 5.89. The summed E-state index contributed by atoms with van der Waals surface area (Å²) in [4.78, 5) is 18.0. The van der Waals surface area contributed by atoms with E-state index >= 15 is 0 Å². The fourth-order valence-electron chi connectivity index (χ4n) is 3.79. The number of pyridine rings is 1. The van der Waals surface area contributed by atoms with E-state index in [-0.39, 0.29) is 17.3 Å². The largest absolute Gasteiger partial charge is 0.507 e. The van der Waals surface area contributed by atoms with Crippen molar-refractivity contribution in [3.63, 3.8) is 0 Å². The van der Waals surface area contributed by atoms with Gasteiger partial charge in [0.15, 0.2) is 0 Å². The van der Waals surface area contributed by atoms with Crippen LogP contribution in [0, 0.1) is 5.82 Å². The second-order valence-electron chi connectivity index (χ2n) is 7.57. The van der Waals surface area contributed by atoms with E-state index in [1.807, 2.05) is 6.07 Å². The molecule has 0 saturated carbocycles. The number of aromatic nitrogens is 1. The molecule has 1 amide bonds. The Labute approximate surface area is 185 Å². The molecule has 166 valence electrons. The average Bonchev–Trinajstić information content (AvgIpc) is 2.80. The molecular weight excluding hydrogens is 411 g/mol. The summed E-state index contributed by atoms with van der Waals surface area (Å²) in [5.74, 6) is 0.323. The van der Waals surface area contributed by atoms with Crippen molar-refractivity contribution in [1.82, 2.24) is 10.3 Å². The maximum absolute atomic E-state index is 14.5. The van der Waals surface area contributed by atoms with Crippen molar-refractivity contribution in [3.8, 4) is 33.9 Å². The number of nitrogens with zero attached hydrogens (tertiary/aromatic N) is 2. The van der Waals surface area contributed by atoms with Crippen molar-refractivity contribution in [1.29, 1.82) is 0 Å². The summed E-state index contributed by atoms with van der Waals surface area (Å²) in [6.45, 7) is 4.71. The van der Waals surface area contributed by atoms with E-state index < -0.39 is 5.82 Å². The van der Waals surface area contributed by atoms with Gasteiger partial charge in [-0.15, -0.1) is 0 Å². The van der Waals surface area contributed by atoms with Gasteiger partial charge in [-0.2, -0.15) is 4.98 Å². The number of phenolic OH excluding ortho intramolecular Hbond substituents is 1. The lowest BCUT2D eigenvalue weighted by Crippen LogP contribution is -2.43. The molecule has 0 bridgehead atoms. The van der Waals surface area contributed by atoms with E-state index in [9.17, 15) is 14.3 Å². The first-order valence-electron chi connectivity index (χ1n) is 10.4. The van der Waals surface area contributed by atoms with Crippen LogP contribution in [0.15, 0.2) is 48.5 Å². The van der Waals surface area contributed by atoms with Crippen LogP contribution in [0.2, 0.25) is 0 Å². The van der Waals surface area contributed by atoms with Gasteiger partial charge in [0.1, 0.15) is 17.4 Å². The lowest BCUT2D eigenvalue weighted by Gasteiger charge is -2.29. The number of methoxy groups -OCH3 is 1. The van der Waals surface area contributed by atoms with Crippen LogP contribution in [0.25, 0.3) is 22.3 Å². The molecule has 0 spiro atoms. The highest BCUT2D eigenvalue weighted by Gasteiger charge is 2.18. The van der Waals surface area contributed by atoms with Crippen LogP contribution in [-0.4, -0.2) is 49.3 Å². The number of hydrogen-bond acceptors (Lipinski definition) is 6. The Hall–Kier alpha value is -3.65. The van der Waals surface area contributed by atoms with Crippen LogP contribution in [-0.2, 0) is 4.79 Å². The fraction of sp³-hybridized carbons (Fsp3) is 0.250. The molecule has 8 heteroatoms. The first kappa shape index (κ1) is 21.6. The molecule has 1 fully saturated rings. The van der Waals surface area contributed by atoms with Gasteiger partial charge in [-0.3, -0.25) is 4.79 Å². The van der Waals surface area contributed by atoms with Gasteiger partial charge >= 0.3 is 0 Å². The van der Waals surface area contributed by atoms with Crippen LogP contribution < -0.4 is 20.3 Å². The number of anilines is 2. The number of carbonyl (C=O) groups excluding carboxylic acids is 1. The number of aromatic hydroxyl groups is 1. The number of rotatable bonds is 5. The van der Waals surface area contributed by atoms with E-state index in [2.05, 4.69) is 20.5 Å². The van der Waals surface area contributed by atoms with Crippen LogP contribution in [0.3, 0.4) is 0 Å². The van der Waals surface area contributed by atoms with Gasteiger partial charge in [0.05, 0.1) is 12.8 Å². The second-order valence-corrected chi connectivity index (χ2v) is 7.57. The summed E-state index contributed by atoms with van der Waals surface area (Å²) >= 11 is 0. The number of ether oxygens (including phenoxy) is 1. The molecule has 32 heavy (non-hydrogen) atoms. The van der Waals surface area contributed by atoms with Crippen molar-refractivity contribution in [2.24, 2.45) is 0 Å². The molecule has 1 aromatic heterocycles. The van der Waals surface area contributed by atoms with Crippen LogP contribution in [0.1, 0.15) is 6.92 Å². The third-order valence-corrected chi connectivity index (χ3v) is 5.38. The number of phenols is 1. The molecule has 0 atom stereocenters. The normalized spacial score (nSPS) is 13.7. The van der Waals surface area contributed by atoms with Crippen LogP contribution in [0.5, 0.6) is 11.6 Å². The van der Waals surface area contributed by atoms with E-state index in [1.165, 1.54) is 19.1 Å². The minimum atomic E-state index is -0.575. The van der Waals surface area contributed by atoms with Crippen LogP contribution >= 0.6 is 0 Å². The average molecular weight is 436 g/mol. The predicted octanol–water partition coefficient (Wildman–Crippen LogP) is 3.64. The molecule has 1 saturated heterocycles. The molecule has 1 aliphatic heterocycles. The van der Waals surface area contributed by atoms with Gasteiger partial charge in [0.25, 0.3) is 0 Å². The van der Waals surface area contributed by atoms with Gasteiger partial charge in [-0.25, -0.2) is 4.39 Å². The zero-order valence-electron chi connectivity index (χ0n) is 18.0. The third kappa shape index (κ3) is 4.50. The summed E-state index contributed by atoms with van der Waals surface area (Å²) in [7, 11) is 1.56. The Morgan fingerprint density at radius 3 is 2.50 bits per heavy atom. The maximum atomic E-state index is 14.5. The molecular formula is C24H25FN4O3. The zero-order chi connectivity index (χ0) is 22.7. The Bertz CT molecular complexity index is 1150. The third-order valence-electron chi connectivity index (χ3n) is 5.38. The minimum Gasteiger partial charge on any atom is -0.507 e. The Balaban J connectivity index is 1.74. The second kappa shape index (κ2) is 9.23. The minimum absolute atomic E-state index is 0.0266. The summed E-state index contributed by atoms with van der Waals surface area (Å²) in [6, 6.07) is 13.5. The maximum Gasteiger partial charge on any atom is 0.221 e. The van der Waals surface area contributed by atoms with E-state index in [4.69, 9.17) is 4.74 Å². The Morgan fingerprint density at radius 1 is 1.12 bits per heavy atom.